The maximum absolute atomic E-state index is 5.66. The van der Waals surface area contributed by atoms with E-state index in [-0.39, 0.29) is 0 Å². The quantitative estimate of drug-likeness (QED) is 0.673. The second-order valence-electron chi connectivity index (χ2n) is 3.21. The first kappa shape index (κ1) is 6.85. The smallest absolute Gasteiger partial charge is 0.0522 e. The summed E-state index contributed by atoms with van der Waals surface area (Å²) in [6.07, 6.45) is 6.52. The second-order valence-corrected chi connectivity index (χ2v) is 3.21. The highest BCUT2D eigenvalue weighted by Crippen LogP contribution is 2.41. The molecule has 1 heterocycles. The summed E-state index contributed by atoms with van der Waals surface area (Å²) < 4.78 is 0. The van der Waals surface area contributed by atoms with Crippen LogP contribution in [0.4, 0.5) is 0 Å². The van der Waals surface area contributed by atoms with E-state index in [1.807, 2.05) is 12.4 Å². The lowest BCUT2D eigenvalue weighted by atomic mass is 9.98. The van der Waals surface area contributed by atoms with Crippen LogP contribution in [0.15, 0.2) is 12.4 Å². The zero-order valence-corrected chi connectivity index (χ0v) is 6.46. The fourth-order valence-corrected chi connectivity index (χ4v) is 1.56. The van der Waals surface area contributed by atoms with E-state index < -0.39 is 0 Å². The van der Waals surface area contributed by atoms with Gasteiger partial charge in [-0.25, -0.2) is 0 Å². The highest BCUT2D eigenvalue weighted by molar-refractivity contribution is 5.14. The minimum absolute atomic E-state index is 0.550. The predicted molar refractivity (Wildman–Crippen MR) is 43.1 cm³/mol. The predicted octanol–water partition coefficient (Wildman–Crippen LogP) is 0.862. The van der Waals surface area contributed by atoms with Gasteiger partial charge in [-0.1, -0.05) is 0 Å². The Labute approximate surface area is 66.0 Å². The van der Waals surface area contributed by atoms with Crippen LogP contribution in [0.25, 0.3) is 0 Å². The van der Waals surface area contributed by atoms with E-state index in [0.29, 0.717) is 5.92 Å². The van der Waals surface area contributed by atoms with Gasteiger partial charge in [-0.3, -0.25) is 5.10 Å². The number of H-pyrrole nitrogens is 1. The van der Waals surface area contributed by atoms with Crippen molar-refractivity contribution < 1.29 is 0 Å². The molecule has 1 aliphatic carbocycles. The van der Waals surface area contributed by atoms with Gasteiger partial charge in [0, 0.05) is 12.1 Å². The zero-order valence-electron chi connectivity index (χ0n) is 6.46. The average molecular weight is 151 g/mol. The van der Waals surface area contributed by atoms with Crippen molar-refractivity contribution in [3.8, 4) is 0 Å². The summed E-state index contributed by atoms with van der Waals surface area (Å²) in [7, 11) is 0. The summed E-state index contributed by atoms with van der Waals surface area (Å²) in [6.45, 7) is 0.754. The monoisotopic (exact) mass is 151 g/mol. The Morgan fingerprint density at radius 2 is 2.55 bits per heavy atom. The molecule has 0 aromatic carbocycles. The number of nitrogens with zero attached hydrogens (tertiary/aromatic N) is 1. The van der Waals surface area contributed by atoms with Crippen LogP contribution in [-0.4, -0.2) is 16.7 Å². The third-order valence-corrected chi connectivity index (χ3v) is 2.39. The molecule has 0 bridgehead atoms. The summed E-state index contributed by atoms with van der Waals surface area (Å²) in [5.41, 5.74) is 6.94. The van der Waals surface area contributed by atoms with Crippen LogP contribution < -0.4 is 5.73 Å². The minimum Gasteiger partial charge on any atom is -0.330 e. The summed E-state index contributed by atoms with van der Waals surface area (Å²) in [5, 5.41) is 6.74. The molecule has 2 rings (SSSR count). The van der Waals surface area contributed by atoms with Crippen LogP contribution in [0.1, 0.15) is 24.3 Å². The molecule has 0 radical (unpaired) electrons. The van der Waals surface area contributed by atoms with Crippen molar-refractivity contribution in [2.45, 2.75) is 18.8 Å². The molecule has 60 valence electrons. The van der Waals surface area contributed by atoms with Crippen molar-refractivity contribution in [2.24, 2.45) is 11.7 Å². The lowest BCUT2D eigenvalue weighted by molar-refractivity contribution is 0.616. The van der Waals surface area contributed by atoms with Crippen molar-refractivity contribution in [3.05, 3.63) is 18.0 Å². The third kappa shape index (κ3) is 1.28. The second kappa shape index (κ2) is 2.66. The molecule has 1 aliphatic rings. The lowest BCUT2D eigenvalue weighted by Crippen LogP contribution is -2.13. The molecule has 0 spiro atoms. The van der Waals surface area contributed by atoms with Crippen molar-refractivity contribution in [1.29, 1.82) is 0 Å². The van der Waals surface area contributed by atoms with E-state index in [1.54, 1.807) is 0 Å². The van der Waals surface area contributed by atoms with Gasteiger partial charge < -0.3 is 5.73 Å². The number of aromatic amines is 1. The number of hydrogen-bond acceptors (Lipinski definition) is 2. The molecular formula is C8H13N3. The largest absolute Gasteiger partial charge is 0.330 e. The third-order valence-electron chi connectivity index (χ3n) is 2.39. The van der Waals surface area contributed by atoms with Crippen molar-refractivity contribution in [1.82, 2.24) is 10.2 Å². The Morgan fingerprint density at radius 3 is 3.00 bits per heavy atom. The maximum atomic E-state index is 5.66. The fourth-order valence-electron chi connectivity index (χ4n) is 1.56. The van der Waals surface area contributed by atoms with Crippen LogP contribution in [0.3, 0.4) is 0 Å². The summed E-state index contributed by atoms with van der Waals surface area (Å²) in [4.78, 5) is 0. The number of nitrogens with two attached hydrogens (primary N) is 1. The molecule has 1 saturated carbocycles. The van der Waals surface area contributed by atoms with Crippen LogP contribution in [-0.2, 0) is 0 Å². The van der Waals surface area contributed by atoms with Crippen LogP contribution in [0.5, 0.6) is 0 Å². The Hall–Kier alpha value is -0.830. The molecule has 11 heavy (non-hydrogen) atoms. The molecule has 1 aromatic heterocycles. The van der Waals surface area contributed by atoms with E-state index in [1.165, 1.54) is 18.4 Å². The van der Waals surface area contributed by atoms with Gasteiger partial charge in [-0.2, -0.15) is 5.10 Å². The van der Waals surface area contributed by atoms with Crippen molar-refractivity contribution in [2.75, 3.05) is 6.54 Å². The molecule has 1 fully saturated rings. The van der Waals surface area contributed by atoms with E-state index in [4.69, 9.17) is 5.73 Å². The Balaban J connectivity index is 2.11. The first-order valence-electron chi connectivity index (χ1n) is 4.10. The van der Waals surface area contributed by atoms with Gasteiger partial charge in [-0.15, -0.1) is 0 Å². The number of rotatable bonds is 3. The highest BCUT2D eigenvalue weighted by atomic mass is 15.1. The van der Waals surface area contributed by atoms with Gasteiger partial charge >= 0.3 is 0 Å². The van der Waals surface area contributed by atoms with Gasteiger partial charge in [0.15, 0.2) is 0 Å². The Kier molecular flexibility index (Phi) is 1.66. The summed E-state index contributed by atoms with van der Waals surface area (Å²) in [6, 6.07) is 0. The van der Waals surface area contributed by atoms with E-state index in [2.05, 4.69) is 10.2 Å². The molecule has 1 aromatic rings. The molecule has 0 amide bonds. The highest BCUT2D eigenvalue weighted by Gasteiger charge is 2.31. The average Bonchev–Trinajstić information content (AvgIpc) is 2.68. The molecule has 1 unspecified atom stereocenters. The van der Waals surface area contributed by atoms with E-state index in [9.17, 15) is 0 Å². The first-order chi connectivity index (χ1) is 5.42. The van der Waals surface area contributed by atoms with Crippen LogP contribution in [0.2, 0.25) is 0 Å². The molecule has 0 aliphatic heterocycles. The van der Waals surface area contributed by atoms with Crippen LogP contribution >= 0.6 is 0 Å². The fraction of sp³-hybridized carbons (Fsp3) is 0.625. The normalized spacial score (nSPS) is 20.1. The Bertz CT molecular complexity index is 213. The number of aromatic nitrogens is 2. The molecule has 3 heteroatoms. The van der Waals surface area contributed by atoms with Crippen LogP contribution in [0, 0.1) is 5.92 Å². The van der Waals surface area contributed by atoms with Gasteiger partial charge in [0.2, 0.25) is 0 Å². The standard InChI is InChI=1S/C8H13N3/c9-3-8(6-1-2-6)7-4-10-11-5-7/h4-6,8H,1-3,9H2,(H,10,11). The summed E-state index contributed by atoms with van der Waals surface area (Å²) >= 11 is 0. The van der Waals surface area contributed by atoms with Gasteiger partial charge in [-0.05, 0) is 30.9 Å². The lowest BCUT2D eigenvalue weighted by Gasteiger charge is -2.09. The first-order valence-corrected chi connectivity index (χ1v) is 4.10. The number of hydrogen-bond donors (Lipinski definition) is 2. The zero-order chi connectivity index (χ0) is 7.68. The molecule has 0 saturated heterocycles. The van der Waals surface area contributed by atoms with E-state index >= 15 is 0 Å². The molecular weight excluding hydrogens is 138 g/mol. The minimum atomic E-state index is 0.550. The number of nitrogens with one attached hydrogen (secondary N) is 1. The van der Waals surface area contributed by atoms with Gasteiger partial charge in [0.25, 0.3) is 0 Å². The molecule has 3 nitrogen and oxygen atoms in total. The van der Waals surface area contributed by atoms with Crippen molar-refractivity contribution in [3.63, 3.8) is 0 Å². The molecule has 3 N–H and O–H groups in total. The van der Waals surface area contributed by atoms with E-state index in [0.717, 1.165) is 12.5 Å². The van der Waals surface area contributed by atoms with Gasteiger partial charge in [0.05, 0.1) is 6.20 Å². The Morgan fingerprint density at radius 1 is 1.73 bits per heavy atom. The van der Waals surface area contributed by atoms with Crippen molar-refractivity contribution >= 4 is 0 Å². The van der Waals surface area contributed by atoms with Gasteiger partial charge in [0.1, 0.15) is 0 Å². The summed E-state index contributed by atoms with van der Waals surface area (Å²) in [5.74, 6) is 1.38. The topological polar surface area (TPSA) is 54.7 Å². The maximum Gasteiger partial charge on any atom is 0.0522 e. The SMILES string of the molecule is NCC(c1cn[nH]c1)C1CC1. The molecule has 1 atom stereocenters.